The summed E-state index contributed by atoms with van der Waals surface area (Å²) < 4.78 is 10.4. The van der Waals surface area contributed by atoms with Gasteiger partial charge in [-0.25, -0.2) is 4.79 Å². The number of hydrogen-bond donors (Lipinski definition) is 3. The molecule has 8 nitrogen and oxygen atoms in total. The van der Waals surface area contributed by atoms with Crippen molar-refractivity contribution in [3.63, 3.8) is 0 Å². The second-order valence-electron chi connectivity index (χ2n) is 7.65. The molecule has 2 aromatic rings. The first kappa shape index (κ1) is 25.2. The van der Waals surface area contributed by atoms with Gasteiger partial charge in [0.05, 0.1) is 18.3 Å². The number of aromatic hydroxyl groups is 1. The van der Waals surface area contributed by atoms with E-state index in [-0.39, 0.29) is 30.9 Å². The number of phenols is 1. The molecule has 0 heterocycles. The van der Waals surface area contributed by atoms with Crippen molar-refractivity contribution in [2.75, 3.05) is 33.9 Å². The number of nitrogens with one attached hydrogen (secondary N) is 1. The lowest BCUT2D eigenvalue weighted by Gasteiger charge is -2.21. The van der Waals surface area contributed by atoms with Crippen LogP contribution in [0.1, 0.15) is 41.4 Å². The predicted molar refractivity (Wildman–Crippen MR) is 121 cm³/mol. The number of aliphatic hydroxyl groups excluding tert-OH is 1. The van der Waals surface area contributed by atoms with E-state index < -0.39 is 12.1 Å². The Hall–Kier alpha value is -3.10. The molecule has 32 heavy (non-hydrogen) atoms. The number of ether oxygens (including phenoxy) is 2. The van der Waals surface area contributed by atoms with E-state index in [2.05, 4.69) is 5.32 Å². The number of carbonyl (C=O) groups excluding carboxylic acids is 2. The number of phenolic OH excluding ortho intramolecular Hbond substituents is 1. The summed E-state index contributed by atoms with van der Waals surface area (Å²) in [5.74, 6) is -0.246. The van der Waals surface area contributed by atoms with Crippen LogP contribution < -0.4 is 10.1 Å². The highest BCUT2D eigenvalue weighted by Gasteiger charge is 2.18. The van der Waals surface area contributed by atoms with E-state index in [0.717, 1.165) is 5.56 Å². The van der Waals surface area contributed by atoms with Crippen molar-refractivity contribution in [1.29, 1.82) is 0 Å². The summed E-state index contributed by atoms with van der Waals surface area (Å²) in [6.07, 6.45) is -0.0986. The van der Waals surface area contributed by atoms with Gasteiger partial charge in [-0.05, 0) is 62.2 Å². The van der Waals surface area contributed by atoms with Gasteiger partial charge in [-0.2, -0.15) is 0 Å². The van der Waals surface area contributed by atoms with Crippen LogP contribution >= 0.6 is 0 Å². The molecular formula is C24H32N2O6. The molecule has 0 bridgehead atoms. The van der Waals surface area contributed by atoms with Gasteiger partial charge in [-0.3, -0.25) is 4.79 Å². The Kier molecular flexibility index (Phi) is 9.49. The molecule has 3 N–H and O–H groups in total. The summed E-state index contributed by atoms with van der Waals surface area (Å²) in [5.41, 5.74) is 2.00. The fraction of sp³-hybridized carbons (Fsp3) is 0.417. The maximum atomic E-state index is 12.6. The van der Waals surface area contributed by atoms with Crippen LogP contribution in [0, 0.1) is 0 Å². The van der Waals surface area contributed by atoms with Gasteiger partial charge in [0.15, 0.2) is 6.61 Å². The molecule has 2 rings (SSSR count). The molecule has 1 amide bonds. The zero-order valence-electron chi connectivity index (χ0n) is 19.0. The Balaban J connectivity index is 2.01. The van der Waals surface area contributed by atoms with Gasteiger partial charge in [0, 0.05) is 20.1 Å². The molecule has 174 valence electrons. The Morgan fingerprint density at radius 2 is 1.81 bits per heavy atom. The van der Waals surface area contributed by atoms with Gasteiger partial charge in [-0.15, -0.1) is 0 Å². The molecule has 0 saturated heterocycles. The predicted octanol–water partition coefficient (Wildman–Crippen LogP) is 2.29. The van der Waals surface area contributed by atoms with Crippen LogP contribution in [0.4, 0.5) is 0 Å². The molecule has 0 aromatic heterocycles. The molecule has 0 saturated carbocycles. The summed E-state index contributed by atoms with van der Waals surface area (Å²) >= 11 is 0. The highest BCUT2D eigenvalue weighted by atomic mass is 16.6. The van der Waals surface area contributed by atoms with E-state index in [1.165, 1.54) is 4.90 Å². The molecule has 8 heteroatoms. The fourth-order valence-corrected chi connectivity index (χ4v) is 3.12. The van der Waals surface area contributed by atoms with Crippen molar-refractivity contribution in [3.8, 4) is 11.5 Å². The third kappa shape index (κ3) is 7.25. The minimum absolute atomic E-state index is 0.152. The normalized spacial score (nSPS) is 12.7. The van der Waals surface area contributed by atoms with Crippen molar-refractivity contribution in [2.24, 2.45) is 0 Å². The second-order valence-corrected chi connectivity index (χ2v) is 7.65. The van der Waals surface area contributed by atoms with Crippen molar-refractivity contribution < 1.29 is 29.3 Å². The Bertz CT molecular complexity index is 898. The van der Waals surface area contributed by atoms with Crippen LogP contribution in [0.2, 0.25) is 0 Å². The number of amides is 1. The van der Waals surface area contributed by atoms with Gasteiger partial charge in [-0.1, -0.05) is 18.2 Å². The second kappa shape index (κ2) is 12.1. The summed E-state index contributed by atoms with van der Waals surface area (Å²) in [6.45, 7) is 4.17. The average Bonchev–Trinajstić information content (AvgIpc) is 2.77. The minimum atomic E-state index is -0.722. The average molecular weight is 445 g/mol. The first-order valence-corrected chi connectivity index (χ1v) is 10.6. The Morgan fingerprint density at radius 1 is 1.12 bits per heavy atom. The van der Waals surface area contributed by atoms with E-state index in [1.807, 2.05) is 13.0 Å². The maximum Gasteiger partial charge on any atom is 0.344 e. The van der Waals surface area contributed by atoms with Gasteiger partial charge in [0.25, 0.3) is 5.91 Å². The van der Waals surface area contributed by atoms with Crippen LogP contribution in [0.3, 0.4) is 0 Å². The van der Waals surface area contributed by atoms with Gasteiger partial charge in [0.2, 0.25) is 0 Å². The van der Waals surface area contributed by atoms with Crippen molar-refractivity contribution in [2.45, 2.75) is 32.4 Å². The van der Waals surface area contributed by atoms with Gasteiger partial charge < -0.3 is 29.9 Å². The summed E-state index contributed by atoms with van der Waals surface area (Å²) in [7, 11) is 3.30. The quantitative estimate of drug-likeness (QED) is 0.456. The number of nitrogens with zero attached hydrogens (tertiary/aromatic N) is 1. The lowest BCUT2D eigenvalue weighted by Crippen LogP contribution is -2.33. The summed E-state index contributed by atoms with van der Waals surface area (Å²) in [6, 6.07) is 11.5. The van der Waals surface area contributed by atoms with E-state index >= 15 is 0 Å². The van der Waals surface area contributed by atoms with Crippen LogP contribution in [0.5, 0.6) is 11.5 Å². The topological polar surface area (TPSA) is 108 Å². The number of rotatable bonds is 11. The highest BCUT2D eigenvalue weighted by molar-refractivity contribution is 5.97. The molecule has 0 aliphatic rings. The molecule has 0 radical (unpaired) electrons. The third-order valence-corrected chi connectivity index (χ3v) is 4.92. The van der Waals surface area contributed by atoms with Crippen molar-refractivity contribution in [1.82, 2.24) is 10.2 Å². The zero-order valence-corrected chi connectivity index (χ0v) is 19.0. The number of benzene rings is 2. The first-order valence-electron chi connectivity index (χ1n) is 10.6. The van der Waals surface area contributed by atoms with E-state index in [9.17, 15) is 19.8 Å². The minimum Gasteiger partial charge on any atom is -0.508 e. The molecule has 0 aliphatic heterocycles. The highest BCUT2D eigenvalue weighted by Crippen LogP contribution is 2.23. The number of carbonyl (C=O) groups is 2. The van der Waals surface area contributed by atoms with Crippen LogP contribution in [0.25, 0.3) is 0 Å². The summed E-state index contributed by atoms with van der Waals surface area (Å²) in [5, 5.41) is 23.2. The van der Waals surface area contributed by atoms with Gasteiger partial charge in [0.1, 0.15) is 11.5 Å². The Labute approximate surface area is 188 Å². The Morgan fingerprint density at radius 3 is 2.44 bits per heavy atom. The fourth-order valence-electron chi connectivity index (χ4n) is 3.12. The lowest BCUT2D eigenvalue weighted by molar-refractivity contribution is -0.145. The maximum absolute atomic E-state index is 12.6. The summed E-state index contributed by atoms with van der Waals surface area (Å²) in [4.78, 5) is 25.6. The number of hydrogen-bond acceptors (Lipinski definition) is 7. The largest absolute Gasteiger partial charge is 0.508 e. The smallest absolute Gasteiger partial charge is 0.344 e. The molecule has 0 spiro atoms. The molecule has 2 aromatic carbocycles. The van der Waals surface area contributed by atoms with Crippen molar-refractivity contribution in [3.05, 3.63) is 59.2 Å². The van der Waals surface area contributed by atoms with E-state index in [4.69, 9.17) is 9.47 Å². The number of esters is 1. The monoisotopic (exact) mass is 444 g/mol. The van der Waals surface area contributed by atoms with Crippen LogP contribution in [0.15, 0.2) is 42.5 Å². The van der Waals surface area contributed by atoms with Crippen LogP contribution in [-0.2, 0) is 16.0 Å². The third-order valence-electron chi connectivity index (χ3n) is 4.92. The molecule has 0 aliphatic carbocycles. The SMILES string of the molecule is CCOC(=O)COc1ccc(CCN[C@@H](C)[C@H](O)c2ccc(O)cc2)cc1C(=O)N(C)C. The molecule has 0 unspecified atom stereocenters. The van der Waals surface area contributed by atoms with Gasteiger partial charge >= 0.3 is 5.97 Å². The standard InChI is InChI=1S/C24H32N2O6/c1-5-31-22(28)15-32-21-11-6-17(14-20(21)24(30)26(3)4)12-13-25-16(2)23(29)18-7-9-19(27)10-8-18/h6-11,14,16,23,25,27,29H,5,12-13,15H2,1-4H3/t16-,23-/m0/s1. The van der Waals surface area contributed by atoms with E-state index in [1.54, 1.807) is 57.4 Å². The lowest BCUT2D eigenvalue weighted by atomic mass is 10.0. The van der Waals surface area contributed by atoms with Crippen molar-refractivity contribution >= 4 is 11.9 Å². The van der Waals surface area contributed by atoms with Crippen LogP contribution in [-0.4, -0.2) is 66.9 Å². The first-order chi connectivity index (χ1) is 15.2. The zero-order chi connectivity index (χ0) is 23.7. The van der Waals surface area contributed by atoms with E-state index in [0.29, 0.717) is 29.8 Å². The molecular weight excluding hydrogens is 412 g/mol. The number of aliphatic hydroxyl groups is 1. The molecule has 0 fully saturated rings. The molecule has 2 atom stereocenters.